The van der Waals surface area contributed by atoms with Gasteiger partial charge in [-0.15, -0.1) is 0 Å². The molecule has 5 heteroatoms. The highest BCUT2D eigenvalue weighted by molar-refractivity contribution is 4.81. The number of piperazine rings is 1. The standard InChI is InChI=1S/C12H23N5/c13-15-14-6-7-16-8-10-17(11-9-16)12-4-2-1-3-5-12/h12H,1-11H2. The summed E-state index contributed by atoms with van der Waals surface area (Å²) < 4.78 is 0. The van der Waals surface area contributed by atoms with Crippen molar-refractivity contribution in [2.45, 2.75) is 38.1 Å². The molecule has 0 amide bonds. The fourth-order valence-electron chi connectivity index (χ4n) is 3.03. The van der Waals surface area contributed by atoms with Gasteiger partial charge in [-0.05, 0) is 18.4 Å². The highest BCUT2D eigenvalue weighted by Gasteiger charge is 2.24. The van der Waals surface area contributed by atoms with Crippen molar-refractivity contribution in [2.24, 2.45) is 5.11 Å². The Kier molecular flexibility index (Phi) is 5.10. The molecule has 0 radical (unpaired) electrons. The first-order valence-corrected chi connectivity index (χ1v) is 6.87. The number of hydrogen-bond donors (Lipinski definition) is 0. The molecule has 1 saturated heterocycles. The summed E-state index contributed by atoms with van der Waals surface area (Å²) in [7, 11) is 0. The maximum atomic E-state index is 8.24. The van der Waals surface area contributed by atoms with E-state index in [1.54, 1.807) is 0 Å². The lowest BCUT2D eigenvalue weighted by Gasteiger charge is -2.40. The van der Waals surface area contributed by atoms with E-state index in [1.807, 2.05) is 0 Å². The minimum Gasteiger partial charge on any atom is -0.301 e. The van der Waals surface area contributed by atoms with Gasteiger partial charge in [0.15, 0.2) is 0 Å². The van der Waals surface area contributed by atoms with Crippen LogP contribution in [0.3, 0.4) is 0 Å². The van der Waals surface area contributed by atoms with Gasteiger partial charge in [0.1, 0.15) is 0 Å². The molecule has 0 aromatic rings. The summed E-state index contributed by atoms with van der Waals surface area (Å²) in [5, 5.41) is 3.60. The first-order chi connectivity index (χ1) is 8.40. The van der Waals surface area contributed by atoms with Gasteiger partial charge in [-0.25, -0.2) is 0 Å². The summed E-state index contributed by atoms with van der Waals surface area (Å²) in [4.78, 5) is 7.88. The van der Waals surface area contributed by atoms with Crippen LogP contribution < -0.4 is 0 Å². The first kappa shape index (κ1) is 12.7. The Bertz CT molecular complexity index is 260. The molecule has 96 valence electrons. The van der Waals surface area contributed by atoms with Crippen molar-refractivity contribution in [1.82, 2.24) is 9.80 Å². The fraction of sp³-hybridized carbons (Fsp3) is 1.00. The van der Waals surface area contributed by atoms with Gasteiger partial charge in [-0.2, -0.15) is 0 Å². The van der Waals surface area contributed by atoms with Crippen LogP contribution in [0.1, 0.15) is 32.1 Å². The fourth-order valence-corrected chi connectivity index (χ4v) is 3.03. The van der Waals surface area contributed by atoms with Gasteiger partial charge < -0.3 is 4.90 Å². The minimum absolute atomic E-state index is 0.611. The van der Waals surface area contributed by atoms with Gasteiger partial charge in [0, 0.05) is 50.2 Å². The number of nitrogens with zero attached hydrogens (tertiary/aromatic N) is 5. The molecule has 2 fully saturated rings. The average Bonchev–Trinajstić information content (AvgIpc) is 2.41. The van der Waals surface area contributed by atoms with E-state index in [0.29, 0.717) is 6.54 Å². The number of rotatable bonds is 4. The van der Waals surface area contributed by atoms with Crippen molar-refractivity contribution in [2.75, 3.05) is 39.3 Å². The van der Waals surface area contributed by atoms with Gasteiger partial charge in [-0.1, -0.05) is 24.4 Å². The normalized spacial score (nSPS) is 24.5. The predicted octanol–water partition coefficient (Wildman–Crippen LogP) is 2.25. The zero-order valence-electron chi connectivity index (χ0n) is 10.6. The molecule has 1 saturated carbocycles. The van der Waals surface area contributed by atoms with E-state index in [2.05, 4.69) is 19.8 Å². The Labute approximate surface area is 103 Å². The Morgan fingerprint density at radius 3 is 2.41 bits per heavy atom. The average molecular weight is 237 g/mol. The van der Waals surface area contributed by atoms with E-state index in [1.165, 1.54) is 45.2 Å². The molecule has 2 rings (SSSR count). The summed E-state index contributed by atoms with van der Waals surface area (Å²) in [6.07, 6.45) is 7.07. The van der Waals surface area contributed by atoms with Crippen LogP contribution in [0.25, 0.3) is 10.4 Å². The topological polar surface area (TPSA) is 55.2 Å². The summed E-state index contributed by atoms with van der Waals surface area (Å²) in [6, 6.07) is 0.850. The highest BCUT2D eigenvalue weighted by Crippen LogP contribution is 2.23. The van der Waals surface area contributed by atoms with Crippen molar-refractivity contribution < 1.29 is 0 Å². The summed E-state index contributed by atoms with van der Waals surface area (Å²) >= 11 is 0. The SMILES string of the molecule is [N-]=[N+]=NCCN1CCN(C2CCCCC2)CC1. The lowest BCUT2D eigenvalue weighted by atomic mass is 9.94. The molecule has 0 aromatic heterocycles. The lowest BCUT2D eigenvalue weighted by Crippen LogP contribution is -2.51. The van der Waals surface area contributed by atoms with Crippen molar-refractivity contribution in [3.63, 3.8) is 0 Å². The quantitative estimate of drug-likeness (QED) is 0.428. The maximum absolute atomic E-state index is 8.24. The van der Waals surface area contributed by atoms with Crippen LogP contribution in [0, 0.1) is 0 Å². The molecular formula is C12H23N5. The predicted molar refractivity (Wildman–Crippen MR) is 68.9 cm³/mol. The van der Waals surface area contributed by atoms with Crippen molar-refractivity contribution in [1.29, 1.82) is 0 Å². The molecule has 17 heavy (non-hydrogen) atoms. The zero-order chi connectivity index (χ0) is 11.9. The second-order valence-corrected chi connectivity index (χ2v) is 5.12. The zero-order valence-corrected chi connectivity index (χ0v) is 10.6. The molecule has 2 aliphatic rings. The molecule has 1 aliphatic heterocycles. The number of hydrogen-bond acceptors (Lipinski definition) is 3. The van der Waals surface area contributed by atoms with Crippen LogP contribution in [0.5, 0.6) is 0 Å². The van der Waals surface area contributed by atoms with Gasteiger partial charge in [0.2, 0.25) is 0 Å². The molecule has 0 bridgehead atoms. The van der Waals surface area contributed by atoms with Gasteiger partial charge in [0.25, 0.3) is 0 Å². The first-order valence-electron chi connectivity index (χ1n) is 6.87. The maximum Gasteiger partial charge on any atom is 0.0385 e. The van der Waals surface area contributed by atoms with Gasteiger partial charge in [0.05, 0.1) is 0 Å². The number of azide groups is 1. The van der Waals surface area contributed by atoms with Crippen molar-refractivity contribution in [3.8, 4) is 0 Å². The third-order valence-electron chi connectivity index (χ3n) is 4.08. The van der Waals surface area contributed by atoms with Gasteiger partial charge >= 0.3 is 0 Å². The second-order valence-electron chi connectivity index (χ2n) is 5.12. The molecular weight excluding hydrogens is 214 g/mol. The van der Waals surface area contributed by atoms with E-state index in [9.17, 15) is 0 Å². The molecule has 1 heterocycles. The summed E-state index contributed by atoms with van der Waals surface area (Å²) in [6.45, 7) is 6.19. The molecule has 1 aliphatic carbocycles. The molecule has 0 N–H and O–H groups in total. The van der Waals surface area contributed by atoms with E-state index in [4.69, 9.17) is 5.53 Å². The molecule has 0 atom stereocenters. The molecule has 0 aromatic carbocycles. The Balaban J connectivity index is 1.68. The molecule has 5 nitrogen and oxygen atoms in total. The van der Waals surface area contributed by atoms with Gasteiger partial charge in [-0.3, -0.25) is 4.90 Å². The third kappa shape index (κ3) is 3.87. The smallest absolute Gasteiger partial charge is 0.0385 e. The third-order valence-corrected chi connectivity index (χ3v) is 4.08. The monoisotopic (exact) mass is 237 g/mol. The van der Waals surface area contributed by atoms with E-state index in [0.717, 1.165) is 25.7 Å². The Morgan fingerprint density at radius 1 is 1.06 bits per heavy atom. The van der Waals surface area contributed by atoms with Crippen molar-refractivity contribution in [3.05, 3.63) is 10.4 Å². The van der Waals surface area contributed by atoms with Crippen LogP contribution in [-0.4, -0.2) is 55.1 Å². The van der Waals surface area contributed by atoms with E-state index in [-0.39, 0.29) is 0 Å². The van der Waals surface area contributed by atoms with Crippen LogP contribution >= 0.6 is 0 Å². The summed E-state index contributed by atoms with van der Waals surface area (Å²) in [5.41, 5.74) is 8.24. The highest BCUT2D eigenvalue weighted by atomic mass is 15.3. The van der Waals surface area contributed by atoms with Crippen LogP contribution in [0.4, 0.5) is 0 Å². The van der Waals surface area contributed by atoms with E-state index < -0.39 is 0 Å². The summed E-state index contributed by atoms with van der Waals surface area (Å²) in [5.74, 6) is 0. The minimum atomic E-state index is 0.611. The van der Waals surface area contributed by atoms with Crippen LogP contribution in [-0.2, 0) is 0 Å². The van der Waals surface area contributed by atoms with Crippen molar-refractivity contribution >= 4 is 0 Å². The molecule has 0 spiro atoms. The van der Waals surface area contributed by atoms with E-state index >= 15 is 0 Å². The molecule has 0 unspecified atom stereocenters. The lowest BCUT2D eigenvalue weighted by molar-refractivity contribution is 0.0806. The Morgan fingerprint density at radius 2 is 1.76 bits per heavy atom. The van der Waals surface area contributed by atoms with Crippen LogP contribution in [0.2, 0.25) is 0 Å². The second kappa shape index (κ2) is 6.84. The largest absolute Gasteiger partial charge is 0.301 e. The Hall–Kier alpha value is -0.770. The van der Waals surface area contributed by atoms with Crippen LogP contribution in [0.15, 0.2) is 5.11 Å².